The monoisotopic (exact) mass is 515 g/mol. The SMILES string of the molecule is CCCCCCCCCCCCCCCCCCCCCCCCCCC(C)c1cc(C)cc(C)c1O. The zero-order valence-electron chi connectivity index (χ0n) is 25.9. The number of aryl methyl sites for hydroxylation is 2. The van der Waals surface area contributed by atoms with E-state index in [2.05, 4.69) is 32.9 Å². The Labute approximate surface area is 233 Å². The molecule has 0 spiro atoms. The van der Waals surface area contributed by atoms with Crippen LogP contribution in [0.15, 0.2) is 12.1 Å². The minimum atomic E-state index is 0.457. The maximum atomic E-state index is 10.4. The van der Waals surface area contributed by atoms with E-state index in [1.54, 1.807) is 0 Å². The van der Waals surface area contributed by atoms with Gasteiger partial charge in [-0.2, -0.15) is 0 Å². The van der Waals surface area contributed by atoms with Crippen LogP contribution in [0.3, 0.4) is 0 Å². The van der Waals surface area contributed by atoms with Gasteiger partial charge in [0.25, 0.3) is 0 Å². The van der Waals surface area contributed by atoms with Crippen molar-refractivity contribution < 1.29 is 5.11 Å². The lowest BCUT2D eigenvalue weighted by Gasteiger charge is -2.16. The lowest BCUT2D eigenvalue weighted by atomic mass is 9.91. The maximum absolute atomic E-state index is 10.4. The Morgan fingerprint density at radius 3 is 1.19 bits per heavy atom. The summed E-state index contributed by atoms with van der Waals surface area (Å²) in [6, 6.07) is 4.25. The molecule has 1 heteroatoms. The molecule has 0 saturated heterocycles. The van der Waals surface area contributed by atoms with E-state index in [1.165, 1.54) is 166 Å². The third-order valence-corrected chi connectivity index (χ3v) is 8.50. The molecule has 1 N–H and O–H groups in total. The zero-order chi connectivity index (χ0) is 27.0. The largest absolute Gasteiger partial charge is 0.507 e. The van der Waals surface area contributed by atoms with Gasteiger partial charge < -0.3 is 5.11 Å². The number of phenols is 1. The van der Waals surface area contributed by atoms with Crippen LogP contribution in [0.2, 0.25) is 0 Å². The van der Waals surface area contributed by atoms with Gasteiger partial charge in [-0.25, -0.2) is 0 Å². The first kappa shape index (κ1) is 34.0. The first-order valence-corrected chi connectivity index (χ1v) is 16.9. The summed E-state index contributed by atoms with van der Waals surface area (Å²) in [7, 11) is 0. The highest BCUT2D eigenvalue weighted by Crippen LogP contribution is 2.33. The smallest absolute Gasteiger partial charge is 0.121 e. The summed E-state index contributed by atoms with van der Waals surface area (Å²) < 4.78 is 0. The predicted octanol–water partition coefficient (Wildman–Crippen LogP) is 12.9. The number of phenolic OH excluding ortho intramolecular Hbond substituents is 1. The summed E-state index contributed by atoms with van der Waals surface area (Å²) in [4.78, 5) is 0. The number of unbranched alkanes of at least 4 members (excludes halogenated alkanes) is 23. The van der Waals surface area contributed by atoms with Gasteiger partial charge in [0.1, 0.15) is 5.75 Å². The van der Waals surface area contributed by atoms with Gasteiger partial charge in [0, 0.05) is 0 Å². The second kappa shape index (κ2) is 24.1. The highest BCUT2D eigenvalue weighted by Gasteiger charge is 2.12. The Kier molecular flexibility index (Phi) is 22.2. The van der Waals surface area contributed by atoms with E-state index in [0.717, 1.165) is 11.1 Å². The number of hydrogen-bond acceptors (Lipinski definition) is 1. The lowest BCUT2D eigenvalue weighted by molar-refractivity contribution is 0.453. The third-order valence-electron chi connectivity index (χ3n) is 8.50. The highest BCUT2D eigenvalue weighted by molar-refractivity contribution is 5.44. The van der Waals surface area contributed by atoms with Crippen molar-refractivity contribution in [1.29, 1.82) is 0 Å². The van der Waals surface area contributed by atoms with Gasteiger partial charge in [0.05, 0.1) is 0 Å². The maximum Gasteiger partial charge on any atom is 0.121 e. The summed E-state index contributed by atoms with van der Waals surface area (Å²) in [5, 5.41) is 10.4. The molecule has 37 heavy (non-hydrogen) atoms. The second-order valence-electron chi connectivity index (χ2n) is 12.3. The van der Waals surface area contributed by atoms with E-state index in [1.807, 2.05) is 6.92 Å². The Morgan fingerprint density at radius 1 is 0.514 bits per heavy atom. The normalized spacial score (nSPS) is 12.3. The Morgan fingerprint density at radius 2 is 0.838 bits per heavy atom. The van der Waals surface area contributed by atoms with Crippen LogP contribution in [0.5, 0.6) is 5.75 Å². The highest BCUT2D eigenvalue weighted by atomic mass is 16.3. The Balaban J connectivity index is 1.77. The van der Waals surface area contributed by atoms with Crippen LogP contribution in [-0.4, -0.2) is 5.11 Å². The van der Waals surface area contributed by atoms with Crippen LogP contribution in [0, 0.1) is 13.8 Å². The van der Waals surface area contributed by atoms with Gasteiger partial charge in [-0.15, -0.1) is 0 Å². The predicted molar refractivity (Wildman–Crippen MR) is 167 cm³/mol. The molecule has 1 unspecified atom stereocenters. The van der Waals surface area contributed by atoms with Gasteiger partial charge in [0.15, 0.2) is 0 Å². The molecule has 0 fully saturated rings. The number of rotatable bonds is 26. The molecule has 0 aliphatic heterocycles. The molecule has 0 bridgehead atoms. The molecule has 0 aromatic heterocycles. The number of benzene rings is 1. The number of aromatic hydroxyl groups is 1. The number of hydrogen-bond donors (Lipinski definition) is 1. The fourth-order valence-electron chi connectivity index (χ4n) is 5.94. The van der Waals surface area contributed by atoms with Crippen molar-refractivity contribution in [2.45, 2.75) is 194 Å². The van der Waals surface area contributed by atoms with Crippen molar-refractivity contribution in [3.05, 3.63) is 28.8 Å². The van der Waals surface area contributed by atoms with Crippen molar-refractivity contribution in [1.82, 2.24) is 0 Å². The lowest BCUT2D eigenvalue weighted by Crippen LogP contribution is -1.97. The van der Waals surface area contributed by atoms with Gasteiger partial charge >= 0.3 is 0 Å². The van der Waals surface area contributed by atoms with Gasteiger partial charge in [0.2, 0.25) is 0 Å². The molecule has 216 valence electrons. The standard InChI is InChI=1S/C36H66O/c1-5-6-7-8-9-10-11-12-13-14-15-16-17-18-19-20-21-22-23-24-25-26-27-28-29-33(3)35-31-32(2)30-34(4)36(35)37/h30-31,33,37H,5-29H2,1-4H3. The molecule has 0 radical (unpaired) electrons. The fourth-order valence-corrected chi connectivity index (χ4v) is 5.94. The molecule has 1 aromatic carbocycles. The summed E-state index contributed by atoms with van der Waals surface area (Å²) >= 11 is 0. The van der Waals surface area contributed by atoms with Crippen LogP contribution in [-0.2, 0) is 0 Å². The molecular weight excluding hydrogens is 448 g/mol. The molecule has 0 saturated carbocycles. The molecule has 1 nitrogen and oxygen atoms in total. The fraction of sp³-hybridized carbons (Fsp3) is 0.833. The van der Waals surface area contributed by atoms with Crippen LogP contribution in [0.25, 0.3) is 0 Å². The quantitative estimate of drug-likeness (QED) is 0.122. The van der Waals surface area contributed by atoms with Crippen molar-refractivity contribution in [3.8, 4) is 5.75 Å². The molecule has 0 amide bonds. The average Bonchev–Trinajstić information content (AvgIpc) is 2.88. The van der Waals surface area contributed by atoms with Crippen LogP contribution < -0.4 is 0 Å². The second-order valence-corrected chi connectivity index (χ2v) is 12.3. The van der Waals surface area contributed by atoms with Crippen molar-refractivity contribution >= 4 is 0 Å². The molecule has 0 aliphatic rings. The van der Waals surface area contributed by atoms with Crippen molar-refractivity contribution in [2.75, 3.05) is 0 Å². The van der Waals surface area contributed by atoms with Crippen LogP contribution >= 0.6 is 0 Å². The topological polar surface area (TPSA) is 20.2 Å². The Bertz CT molecular complexity index is 634. The van der Waals surface area contributed by atoms with Crippen LogP contribution in [0.4, 0.5) is 0 Å². The molecule has 1 aromatic rings. The van der Waals surface area contributed by atoms with Crippen molar-refractivity contribution in [3.63, 3.8) is 0 Å². The summed E-state index contributed by atoms with van der Waals surface area (Å²) in [6.45, 7) is 8.71. The summed E-state index contributed by atoms with van der Waals surface area (Å²) in [5.74, 6) is 0.973. The summed E-state index contributed by atoms with van der Waals surface area (Å²) in [5.41, 5.74) is 3.42. The zero-order valence-corrected chi connectivity index (χ0v) is 25.9. The molecule has 1 atom stereocenters. The summed E-state index contributed by atoms with van der Waals surface area (Å²) in [6.07, 6.45) is 35.8. The van der Waals surface area contributed by atoms with Gasteiger partial charge in [-0.1, -0.05) is 186 Å². The first-order valence-electron chi connectivity index (χ1n) is 16.9. The van der Waals surface area contributed by atoms with E-state index in [4.69, 9.17) is 0 Å². The minimum absolute atomic E-state index is 0.457. The van der Waals surface area contributed by atoms with Crippen molar-refractivity contribution in [2.24, 2.45) is 0 Å². The van der Waals surface area contributed by atoms with Crippen LogP contribution in [0.1, 0.15) is 197 Å². The Hall–Kier alpha value is -0.980. The molecule has 0 heterocycles. The minimum Gasteiger partial charge on any atom is -0.507 e. The van der Waals surface area contributed by atoms with Gasteiger partial charge in [-0.3, -0.25) is 0 Å². The first-order chi connectivity index (χ1) is 18.1. The van der Waals surface area contributed by atoms with E-state index in [0.29, 0.717) is 11.7 Å². The molecule has 1 rings (SSSR count). The third kappa shape index (κ3) is 18.8. The van der Waals surface area contributed by atoms with E-state index < -0.39 is 0 Å². The molecule has 0 aliphatic carbocycles. The van der Waals surface area contributed by atoms with E-state index in [9.17, 15) is 5.11 Å². The average molecular weight is 515 g/mol. The van der Waals surface area contributed by atoms with Gasteiger partial charge in [-0.05, 0) is 37.3 Å². The van der Waals surface area contributed by atoms with E-state index >= 15 is 0 Å². The van der Waals surface area contributed by atoms with E-state index in [-0.39, 0.29) is 0 Å². The molecular formula is C36H66O.